The number of amides is 1. The standard InChI is InChI=1S/C20H20ClNO2/c21-17-7-4-8-18(13-17)22-20(24)19(23)16-11-9-15(10-12-16)14-5-2-1-3-6-14/h4,7-14H,1-3,5-6H2,(H,22,24). The van der Waals surface area contributed by atoms with Gasteiger partial charge in [0.05, 0.1) is 0 Å². The fraction of sp³-hybridized carbons (Fsp3) is 0.300. The highest BCUT2D eigenvalue weighted by Crippen LogP contribution is 2.32. The van der Waals surface area contributed by atoms with Crippen molar-refractivity contribution in [1.82, 2.24) is 0 Å². The molecule has 1 N–H and O–H groups in total. The first-order valence-electron chi connectivity index (χ1n) is 8.35. The van der Waals surface area contributed by atoms with Gasteiger partial charge in [-0.25, -0.2) is 0 Å². The van der Waals surface area contributed by atoms with E-state index in [0.29, 0.717) is 22.2 Å². The Morgan fingerprint density at radius 1 is 0.958 bits per heavy atom. The van der Waals surface area contributed by atoms with Crippen LogP contribution in [-0.2, 0) is 4.79 Å². The molecule has 0 spiro atoms. The lowest BCUT2D eigenvalue weighted by Gasteiger charge is -2.21. The van der Waals surface area contributed by atoms with Gasteiger partial charge in [0, 0.05) is 16.3 Å². The van der Waals surface area contributed by atoms with Gasteiger partial charge < -0.3 is 5.32 Å². The van der Waals surface area contributed by atoms with Gasteiger partial charge in [0.25, 0.3) is 11.7 Å². The van der Waals surface area contributed by atoms with Gasteiger partial charge in [-0.1, -0.05) is 61.2 Å². The second-order valence-corrected chi connectivity index (χ2v) is 6.69. The number of carbonyl (C=O) groups is 2. The molecule has 0 saturated heterocycles. The first kappa shape index (κ1) is 16.7. The van der Waals surface area contributed by atoms with Gasteiger partial charge >= 0.3 is 0 Å². The van der Waals surface area contributed by atoms with Crippen molar-refractivity contribution in [3.63, 3.8) is 0 Å². The second kappa shape index (κ2) is 7.63. The SMILES string of the molecule is O=C(Nc1cccc(Cl)c1)C(=O)c1ccc(C2CCCCC2)cc1. The van der Waals surface area contributed by atoms with E-state index < -0.39 is 11.7 Å². The number of hydrogen-bond acceptors (Lipinski definition) is 2. The van der Waals surface area contributed by atoms with E-state index in [1.165, 1.54) is 37.7 Å². The Labute approximate surface area is 147 Å². The van der Waals surface area contributed by atoms with Crippen LogP contribution in [0.15, 0.2) is 48.5 Å². The Morgan fingerprint density at radius 3 is 2.33 bits per heavy atom. The first-order valence-corrected chi connectivity index (χ1v) is 8.72. The third-order valence-corrected chi connectivity index (χ3v) is 4.77. The van der Waals surface area contributed by atoms with Gasteiger partial charge in [-0.2, -0.15) is 0 Å². The average molecular weight is 342 g/mol. The van der Waals surface area contributed by atoms with Crippen molar-refractivity contribution >= 4 is 29.0 Å². The van der Waals surface area contributed by atoms with Crippen LogP contribution in [0.3, 0.4) is 0 Å². The zero-order valence-electron chi connectivity index (χ0n) is 13.4. The Hall–Kier alpha value is -2.13. The maximum Gasteiger partial charge on any atom is 0.296 e. The summed E-state index contributed by atoms with van der Waals surface area (Å²) >= 11 is 5.88. The molecule has 0 aliphatic heterocycles. The molecule has 3 rings (SSSR count). The van der Waals surface area contributed by atoms with E-state index in [-0.39, 0.29) is 0 Å². The number of nitrogens with one attached hydrogen (secondary N) is 1. The summed E-state index contributed by atoms with van der Waals surface area (Å²) in [6.45, 7) is 0. The zero-order chi connectivity index (χ0) is 16.9. The van der Waals surface area contributed by atoms with Crippen molar-refractivity contribution in [2.75, 3.05) is 5.32 Å². The van der Waals surface area contributed by atoms with Crippen LogP contribution in [0.5, 0.6) is 0 Å². The van der Waals surface area contributed by atoms with Gasteiger partial charge in [0.15, 0.2) is 0 Å². The molecule has 1 aliphatic carbocycles. The molecule has 0 aromatic heterocycles. The molecular weight excluding hydrogens is 322 g/mol. The molecule has 1 amide bonds. The van der Waals surface area contributed by atoms with Gasteiger partial charge in [-0.05, 0) is 42.5 Å². The third-order valence-electron chi connectivity index (χ3n) is 4.54. The van der Waals surface area contributed by atoms with E-state index in [0.717, 1.165) is 0 Å². The molecule has 1 aliphatic rings. The predicted molar refractivity (Wildman–Crippen MR) is 96.7 cm³/mol. The van der Waals surface area contributed by atoms with E-state index in [2.05, 4.69) is 5.32 Å². The maximum absolute atomic E-state index is 12.3. The zero-order valence-corrected chi connectivity index (χ0v) is 14.2. The molecule has 1 saturated carbocycles. The molecule has 0 bridgehead atoms. The molecule has 0 radical (unpaired) electrons. The number of hydrogen-bond donors (Lipinski definition) is 1. The summed E-state index contributed by atoms with van der Waals surface area (Å²) < 4.78 is 0. The number of carbonyl (C=O) groups excluding carboxylic acids is 2. The van der Waals surface area contributed by atoms with Crippen molar-refractivity contribution in [2.24, 2.45) is 0 Å². The Balaban J connectivity index is 1.66. The van der Waals surface area contributed by atoms with Gasteiger partial charge in [-0.3, -0.25) is 9.59 Å². The largest absolute Gasteiger partial charge is 0.319 e. The van der Waals surface area contributed by atoms with Crippen molar-refractivity contribution in [2.45, 2.75) is 38.0 Å². The Morgan fingerprint density at radius 2 is 1.67 bits per heavy atom. The summed E-state index contributed by atoms with van der Waals surface area (Å²) in [7, 11) is 0. The summed E-state index contributed by atoms with van der Waals surface area (Å²) in [5, 5.41) is 3.10. The minimum absolute atomic E-state index is 0.411. The fourth-order valence-electron chi connectivity index (χ4n) is 3.23. The molecule has 2 aromatic rings. The van der Waals surface area contributed by atoms with Crippen LogP contribution < -0.4 is 5.32 Å². The Kier molecular flexibility index (Phi) is 5.31. The molecule has 1 fully saturated rings. The normalized spacial score (nSPS) is 15.0. The van der Waals surface area contributed by atoms with Gasteiger partial charge in [-0.15, -0.1) is 0 Å². The van der Waals surface area contributed by atoms with Crippen LogP contribution >= 0.6 is 11.6 Å². The number of Topliss-reactive ketones (excluding diaryl/α,β-unsaturated/α-hetero) is 1. The monoisotopic (exact) mass is 341 g/mol. The van der Waals surface area contributed by atoms with E-state index in [4.69, 9.17) is 11.6 Å². The molecule has 4 heteroatoms. The van der Waals surface area contributed by atoms with Crippen LogP contribution in [0.25, 0.3) is 0 Å². The highest BCUT2D eigenvalue weighted by molar-refractivity contribution is 6.46. The summed E-state index contributed by atoms with van der Waals surface area (Å²) in [5.41, 5.74) is 2.19. The summed E-state index contributed by atoms with van der Waals surface area (Å²) in [4.78, 5) is 24.4. The number of anilines is 1. The molecule has 24 heavy (non-hydrogen) atoms. The van der Waals surface area contributed by atoms with Crippen LogP contribution in [0, 0.1) is 0 Å². The molecule has 124 valence electrons. The highest BCUT2D eigenvalue weighted by atomic mass is 35.5. The van der Waals surface area contributed by atoms with E-state index >= 15 is 0 Å². The number of rotatable bonds is 4. The van der Waals surface area contributed by atoms with E-state index in [1.54, 1.807) is 36.4 Å². The first-order chi connectivity index (χ1) is 11.6. The lowest BCUT2D eigenvalue weighted by atomic mass is 9.84. The third kappa shape index (κ3) is 4.04. The lowest BCUT2D eigenvalue weighted by molar-refractivity contribution is -0.112. The van der Waals surface area contributed by atoms with E-state index in [1.807, 2.05) is 12.1 Å². The summed E-state index contributed by atoms with van der Waals surface area (Å²) in [6.07, 6.45) is 6.28. The Bertz CT molecular complexity index is 734. The average Bonchev–Trinajstić information content (AvgIpc) is 2.62. The molecule has 0 heterocycles. The van der Waals surface area contributed by atoms with Crippen molar-refractivity contribution in [3.05, 3.63) is 64.7 Å². The lowest BCUT2D eigenvalue weighted by Crippen LogP contribution is -2.22. The van der Waals surface area contributed by atoms with Crippen LogP contribution in [0.4, 0.5) is 5.69 Å². The number of ketones is 1. The predicted octanol–water partition coefficient (Wildman–Crippen LogP) is 5.21. The highest BCUT2D eigenvalue weighted by Gasteiger charge is 2.19. The second-order valence-electron chi connectivity index (χ2n) is 6.25. The molecule has 0 atom stereocenters. The van der Waals surface area contributed by atoms with Crippen LogP contribution in [0.2, 0.25) is 5.02 Å². The fourth-order valence-corrected chi connectivity index (χ4v) is 3.42. The molecule has 0 unspecified atom stereocenters. The van der Waals surface area contributed by atoms with Crippen LogP contribution in [-0.4, -0.2) is 11.7 Å². The topological polar surface area (TPSA) is 46.2 Å². The minimum Gasteiger partial charge on any atom is -0.319 e. The summed E-state index contributed by atoms with van der Waals surface area (Å²) in [5.74, 6) is -0.601. The number of benzene rings is 2. The maximum atomic E-state index is 12.3. The van der Waals surface area contributed by atoms with Gasteiger partial charge in [0.2, 0.25) is 0 Å². The van der Waals surface area contributed by atoms with Crippen molar-refractivity contribution < 1.29 is 9.59 Å². The van der Waals surface area contributed by atoms with Gasteiger partial charge in [0.1, 0.15) is 0 Å². The quantitative estimate of drug-likeness (QED) is 0.613. The summed E-state index contributed by atoms with van der Waals surface area (Å²) in [6, 6.07) is 14.2. The smallest absolute Gasteiger partial charge is 0.296 e. The van der Waals surface area contributed by atoms with Crippen molar-refractivity contribution in [1.29, 1.82) is 0 Å². The molecule has 3 nitrogen and oxygen atoms in total. The van der Waals surface area contributed by atoms with Crippen molar-refractivity contribution in [3.8, 4) is 0 Å². The minimum atomic E-state index is -0.650. The molecular formula is C20H20ClNO2. The molecule has 2 aromatic carbocycles. The number of halogens is 1. The van der Waals surface area contributed by atoms with Crippen LogP contribution in [0.1, 0.15) is 53.9 Å². The van der Waals surface area contributed by atoms with E-state index in [9.17, 15) is 9.59 Å².